The summed E-state index contributed by atoms with van der Waals surface area (Å²) in [5, 5.41) is 23.1. The molecule has 0 fully saturated rings. The van der Waals surface area contributed by atoms with E-state index in [2.05, 4.69) is 141 Å². The maximum atomic E-state index is 12.5. The lowest BCUT2D eigenvalue weighted by molar-refractivity contribution is -0.123. The van der Waals surface area contributed by atoms with Gasteiger partial charge in [0.05, 0.1) is 18.8 Å². The highest BCUT2D eigenvalue weighted by Crippen LogP contribution is 2.15. The lowest BCUT2D eigenvalue weighted by Gasteiger charge is -2.19. The highest BCUT2D eigenvalue weighted by molar-refractivity contribution is 5.76. The van der Waals surface area contributed by atoms with Gasteiger partial charge in [-0.05, 0) is 96.3 Å². The first-order valence-electron chi connectivity index (χ1n) is 27.9. The summed E-state index contributed by atoms with van der Waals surface area (Å²) < 4.78 is 0. The normalized spacial score (nSPS) is 13.9. The number of aliphatic hydroxyl groups is 2. The van der Waals surface area contributed by atoms with Crippen molar-refractivity contribution in [2.45, 2.75) is 251 Å². The van der Waals surface area contributed by atoms with Gasteiger partial charge in [0.2, 0.25) is 5.91 Å². The number of nitrogens with one attached hydrogen (secondary N) is 1. The van der Waals surface area contributed by atoms with Crippen molar-refractivity contribution >= 4 is 5.91 Å². The highest BCUT2D eigenvalue weighted by atomic mass is 16.3. The number of hydrogen-bond donors (Lipinski definition) is 3. The van der Waals surface area contributed by atoms with Crippen LogP contribution < -0.4 is 5.32 Å². The van der Waals surface area contributed by atoms with Crippen molar-refractivity contribution in [1.82, 2.24) is 5.32 Å². The minimum absolute atomic E-state index is 0.110. The van der Waals surface area contributed by atoms with Crippen LogP contribution in [0, 0.1) is 0 Å². The molecule has 0 radical (unpaired) electrons. The molecular formula is C63H105NO3. The van der Waals surface area contributed by atoms with Gasteiger partial charge in [0.25, 0.3) is 0 Å². The van der Waals surface area contributed by atoms with Crippen LogP contribution in [-0.2, 0) is 4.79 Å². The van der Waals surface area contributed by atoms with Gasteiger partial charge in [-0.25, -0.2) is 0 Å². The zero-order valence-corrected chi connectivity index (χ0v) is 43.6. The molecule has 4 nitrogen and oxygen atoms in total. The van der Waals surface area contributed by atoms with E-state index in [9.17, 15) is 15.0 Å². The van der Waals surface area contributed by atoms with Crippen LogP contribution in [0.5, 0.6) is 0 Å². The fourth-order valence-electron chi connectivity index (χ4n) is 7.68. The number of unbranched alkanes of at least 4 members (excludes halogenated alkanes) is 22. The Morgan fingerprint density at radius 1 is 0.373 bits per heavy atom. The molecule has 0 aliphatic rings. The predicted molar refractivity (Wildman–Crippen MR) is 299 cm³/mol. The van der Waals surface area contributed by atoms with Crippen LogP contribution in [0.3, 0.4) is 0 Å². The predicted octanol–water partition coefficient (Wildman–Crippen LogP) is 18.6. The van der Waals surface area contributed by atoms with E-state index in [1.807, 2.05) is 6.08 Å². The topological polar surface area (TPSA) is 69.6 Å². The smallest absolute Gasteiger partial charge is 0.220 e. The Hall–Kier alpha value is -3.47. The second kappa shape index (κ2) is 56.9. The molecule has 67 heavy (non-hydrogen) atoms. The van der Waals surface area contributed by atoms with E-state index in [-0.39, 0.29) is 12.5 Å². The second-order valence-electron chi connectivity index (χ2n) is 18.3. The van der Waals surface area contributed by atoms with Crippen molar-refractivity contribution in [1.29, 1.82) is 0 Å². The number of amides is 1. The Bertz CT molecular complexity index is 1370. The van der Waals surface area contributed by atoms with E-state index < -0.39 is 12.1 Å². The fraction of sp³-hybridized carbons (Fsp3) is 0.635. The van der Waals surface area contributed by atoms with E-state index in [0.717, 1.165) is 96.3 Å². The number of hydrogen-bond acceptors (Lipinski definition) is 3. The molecule has 0 bridgehead atoms. The molecule has 0 aromatic carbocycles. The van der Waals surface area contributed by atoms with Gasteiger partial charge in [-0.3, -0.25) is 4.79 Å². The highest BCUT2D eigenvalue weighted by Gasteiger charge is 2.17. The minimum atomic E-state index is -0.869. The Kier molecular flexibility index (Phi) is 53.9. The maximum Gasteiger partial charge on any atom is 0.220 e. The lowest BCUT2D eigenvalue weighted by Crippen LogP contribution is -2.45. The molecule has 0 saturated heterocycles. The molecule has 3 N–H and O–H groups in total. The molecule has 0 saturated carbocycles. The molecule has 2 atom stereocenters. The number of carbonyl (C=O) groups excluding carboxylic acids is 1. The largest absolute Gasteiger partial charge is 0.394 e. The third-order valence-electron chi connectivity index (χ3n) is 11.9. The molecule has 380 valence electrons. The second-order valence-corrected chi connectivity index (χ2v) is 18.3. The molecule has 0 spiro atoms. The van der Waals surface area contributed by atoms with Gasteiger partial charge >= 0.3 is 0 Å². The van der Waals surface area contributed by atoms with Crippen LogP contribution in [0.2, 0.25) is 0 Å². The van der Waals surface area contributed by atoms with Crippen LogP contribution in [0.1, 0.15) is 239 Å². The Labute approximate surface area is 415 Å². The van der Waals surface area contributed by atoms with Crippen LogP contribution in [0.4, 0.5) is 0 Å². The molecule has 0 heterocycles. The number of aliphatic hydroxyl groups excluding tert-OH is 2. The third kappa shape index (κ3) is 53.4. The van der Waals surface area contributed by atoms with Gasteiger partial charge in [-0.2, -0.15) is 0 Å². The molecule has 2 unspecified atom stereocenters. The summed E-state index contributed by atoms with van der Waals surface area (Å²) in [6.07, 6.45) is 88.8. The van der Waals surface area contributed by atoms with Crippen molar-refractivity contribution < 1.29 is 15.0 Å². The number of allylic oxidation sites excluding steroid dienone is 21. The molecule has 0 aromatic rings. The Morgan fingerprint density at radius 2 is 0.657 bits per heavy atom. The van der Waals surface area contributed by atoms with Gasteiger partial charge < -0.3 is 15.5 Å². The van der Waals surface area contributed by atoms with E-state index in [4.69, 9.17) is 0 Å². The monoisotopic (exact) mass is 924 g/mol. The summed E-state index contributed by atoms with van der Waals surface area (Å²) in [4.78, 5) is 12.5. The molecular weight excluding hydrogens is 819 g/mol. The molecule has 4 heteroatoms. The third-order valence-corrected chi connectivity index (χ3v) is 11.9. The summed E-state index contributed by atoms with van der Waals surface area (Å²) in [6, 6.07) is -0.657. The summed E-state index contributed by atoms with van der Waals surface area (Å²) in [5.41, 5.74) is 0. The first-order chi connectivity index (χ1) is 33.2. The van der Waals surface area contributed by atoms with Crippen LogP contribution >= 0.6 is 0 Å². The van der Waals surface area contributed by atoms with Crippen molar-refractivity contribution in [3.05, 3.63) is 134 Å². The standard InChI is InChI=1S/C63H105NO3/c1-3-5-7-9-11-13-15-17-19-21-23-25-27-28-29-30-31-32-33-34-35-36-37-39-41-43-45-47-49-51-53-55-57-59-63(67)64-61(60-65)62(66)58-56-54-52-50-48-46-44-42-40-38-26-24-22-20-18-16-14-12-10-8-6-4-2/h5,7,11,13,17,19,23,25,28-29,31-32,34-35,37,39,43,45,49,51,56,58,61-62,65-66H,3-4,6,8-10,12,14-16,18,20-22,24,26-27,30,33,36,38,40-42,44,46-48,50,52-55,57,59-60H2,1-2H3,(H,64,67)/b7-5-,13-11-,19-17-,25-23-,29-28-,32-31-,35-34-,39-37-,45-43-,51-49-,58-56+. The maximum absolute atomic E-state index is 12.5. The quantitative estimate of drug-likeness (QED) is 0.0421. The van der Waals surface area contributed by atoms with Crippen molar-refractivity contribution in [3.63, 3.8) is 0 Å². The average Bonchev–Trinajstić information content (AvgIpc) is 3.33. The number of rotatable bonds is 49. The van der Waals surface area contributed by atoms with E-state index >= 15 is 0 Å². The van der Waals surface area contributed by atoms with E-state index in [1.165, 1.54) is 122 Å². The SMILES string of the molecule is CC/C=C\C/C=C\C/C=C\C/C=C\C/C=C\C/C=C\C/C=C\C/C=C\C/C=C\C/C=C\CCCCC(=O)NC(CO)C(O)/C=C/CCCCCCCCCCCCCCCCCCCCCC. The first kappa shape index (κ1) is 63.5. The fourth-order valence-corrected chi connectivity index (χ4v) is 7.68. The van der Waals surface area contributed by atoms with Gasteiger partial charge in [-0.15, -0.1) is 0 Å². The lowest BCUT2D eigenvalue weighted by atomic mass is 10.0. The Morgan fingerprint density at radius 3 is 0.985 bits per heavy atom. The van der Waals surface area contributed by atoms with Crippen LogP contribution in [-0.4, -0.2) is 34.9 Å². The first-order valence-corrected chi connectivity index (χ1v) is 27.9. The minimum Gasteiger partial charge on any atom is -0.394 e. The van der Waals surface area contributed by atoms with Crippen LogP contribution in [0.25, 0.3) is 0 Å². The van der Waals surface area contributed by atoms with Gasteiger partial charge in [0.1, 0.15) is 0 Å². The van der Waals surface area contributed by atoms with E-state index in [0.29, 0.717) is 6.42 Å². The van der Waals surface area contributed by atoms with Gasteiger partial charge in [-0.1, -0.05) is 270 Å². The van der Waals surface area contributed by atoms with Crippen molar-refractivity contribution in [3.8, 4) is 0 Å². The summed E-state index contributed by atoms with van der Waals surface area (Å²) in [6.45, 7) is 4.18. The zero-order chi connectivity index (χ0) is 48.5. The van der Waals surface area contributed by atoms with Crippen molar-refractivity contribution in [2.75, 3.05) is 6.61 Å². The number of carbonyl (C=O) groups is 1. The average molecular weight is 925 g/mol. The molecule has 0 rings (SSSR count). The van der Waals surface area contributed by atoms with Gasteiger partial charge in [0, 0.05) is 6.42 Å². The summed E-state index contributed by atoms with van der Waals surface area (Å²) >= 11 is 0. The summed E-state index contributed by atoms with van der Waals surface area (Å²) in [7, 11) is 0. The summed E-state index contributed by atoms with van der Waals surface area (Å²) in [5.74, 6) is -0.110. The van der Waals surface area contributed by atoms with Crippen molar-refractivity contribution in [2.24, 2.45) is 0 Å². The molecule has 0 aliphatic carbocycles. The van der Waals surface area contributed by atoms with Crippen LogP contribution in [0.15, 0.2) is 134 Å². The zero-order valence-electron chi connectivity index (χ0n) is 43.6. The molecule has 0 aliphatic heterocycles. The van der Waals surface area contributed by atoms with Gasteiger partial charge in [0.15, 0.2) is 0 Å². The molecule has 0 aromatic heterocycles. The molecule has 1 amide bonds. The van der Waals surface area contributed by atoms with E-state index in [1.54, 1.807) is 6.08 Å². The Balaban J connectivity index is 3.71.